The van der Waals surface area contributed by atoms with Crippen LogP contribution in [0, 0.1) is 9.39 Å². The van der Waals surface area contributed by atoms with E-state index in [-0.39, 0.29) is 23.8 Å². The molecule has 0 radical (unpaired) electrons. The maximum atomic E-state index is 13.6. The lowest BCUT2D eigenvalue weighted by atomic mass is 10.2. The van der Waals surface area contributed by atoms with E-state index < -0.39 is 0 Å². The van der Waals surface area contributed by atoms with Gasteiger partial charge in [-0.15, -0.1) is 0 Å². The summed E-state index contributed by atoms with van der Waals surface area (Å²) in [7, 11) is 1.53. The summed E-state index contributed by atoms with van der Waals surface area (Å²) in [5.41, 5.74) is 2.13. The molecule has 0 saturated heterocycles. The summed E-state index contributed by atoms with van der Waals surface area (Å²) < 4.78 is 33.1. The van der Waals surface area contributed by atoms with Crippen molar-refractivity contribution in [1.82, 2.24) is 9.66 Å². The summed E-state index contributed by atoms with van der Waals surface area (Å²) in [5.74, 6) is 1.27. The first-order valence-electron chi connectivity index (χ1n) is 12.4. The highest BCUT2D eigenvalue weighted by Gasteiger charge is 2.17. The number of hydrogen-bond acceptors (Lipinski definition) is 6. The summed E-state index contributed by atoms with van der Waals surface area (Å²) >= 11 is 8.30. The summed E-state index contributed by atoms with van der Waals surface area (Å²) in [6.45, 7) is 0.168. The van der Waals surface area contributed by atoms with E-state index in [0.717, 1.165) is 8.96 Å². The molecular formula is C31H20ClFIN3O4. The highest BCUT2D eigenvalue weighted by atomic mass is 127. The number of rotatable bonds is 7. The third-order valence-corrected chi connectivity index (χ3v) is 7.34. The fourth-order valence-corrected chi connectivity index (χ4v) is 5.34. The zero-order valence-electron chi connectivity index (χ0n) is 21.5. The minimum atomic E-state index is -0.350. The van der Waals surface area contributed by atoms with Crippen molar-refractivity contribution in [3.63, 3.8) is 0 Å². The molecule has 0 aliphatic carbocycles. The van der Waals surface area contributed by atoms with Gasteiger partial charge in [0, 0.05) is 10.4 Å². The van der Waals surface area contributed by atoms with E-state index in [1.807, 2.05) is 12.1 Å². The third-order valence-electron chi connectivity index (χ3n) is 6.30. The highest BCUT2D eigenvalue weighted by Crippen LogP contribution is 2.34. The van der Waals surface area contributed by atoms with Crippen molar-refractivity contribution in [2.75, 3.05) is 7.11 Å². The topological polar surface area (TPSA) is 78.9 Å². The van der Waals surface area contributed by atoms with Gasteiger partial charge in [-0.1, -0.05) is 35.9 Å². The van der Waals surface area contributed by atoms with Crippen LogP contribution in [0.2, 0.25) is 5.02 Å². The summed E-state index contributed by atoms with van der Waals surface area (Å²) in [5, 5.41) is 6.29. The Balaban J connectivity index is 1.40. The third kappa shape index (κ3) is 5.55. The van der Waals surface area contributed by atoms with Crippen LogP contribution in [0.1, 0.15) is 11.1 Å². The zero-order valence-corrected chi connectivity index (χ0v) is 24.4. The molecular weight excluding hydrogens is 660 g/mol. The van der Waals surface area contributed by atoms with Crippen LogP contribution in [-0.4, -0.2) is 23.0 Å². The SMILES string of the molecule is COc1cc(C=Nn2c(-c3cc4cc(Cl)ccc4o3)nc3ccccc3c2=O)cc(I)c1OCc1cccc(F)c1. The average molecular weight is 680 g/mol. The van der Waals surface area contributed by atoms with E-state index in [1.54, 1.807) is 66.9 Å². The highest BCUT2D eigenvalue weighted by molar-refractivity contribution is 14.1. The Bertz CT molecular complexity index is 2020. The van der Waals surface area contributed by atoms with Gasteiger partial charge >= 0.3 is 0 Å². The van der Waals surface area contributed by atoms with E-state index in [2.05, 4.69) is 27.7 Å². The fraction of sp³-hybridized carbons (Fsp3) is 0.0645. The summed E-state index contributed by atoms with van der Waals surface area (Å²) in [6, 6.07) is 23.9. The Hall–Kier alpha value is -4.22. The molecule has 10 heteroatoms. The number of ether oxygens (including phenoxy) is 2. The zero-order chi connectivity index (χ0) is 28.5. The molecule has 0 spiro atoms. The second kappa shape index (κ2) is 11.3. The number of nitrogens with zero attached hydrogens (tertiary/aromatic N) is 3. The van der Waals surface area contributed by atoms with Gasteiger partial charge in [-0.25, -0.2) is 9.37 Å². The van der Waals surface area contributed by atoms with Crippen molar-refractivity contribution in [1.29, 1.82) is 0 Å². The van der Waals surface area contributed by atoms with Crippen LogP contribution in [0.15, 0.2) is 99.2 Å². The minimum Gasteiger partial charge on any atom is -0.493 e. The molecule has 41 heavy (non-hydrogen) atoms. The number of halogens is 3. The number of fused-ring (bicyclic) bond motifs is 2. The van der Waals surface area contributed by atoms with E-state index in [0.29, 0.717) is 49.9 Å². The lowest BCUT2D eigenvalue weighted by Gasteiger charge is -2.14. The van der Waals surface area contributed by atoms with E-state index in [4.69, 9.17) is 30.5 Å². The lowest BCUT2D eigenvalue weighted by Crippen LogP contribution is -2.20. The van der Waals surface area contributed by atoms with E-state index in [9.17, 15) is 9.18 Å². The van der Waals surface area contributed by atoms with E-state index >= 15 is 0 Å². The largest absolute Gasteiger partial charge is 0.493 e. The second-order valence-corrected chi connectivity index (χ2v) is 10.7. The molecule has 2 aromatic heterocycles. The number of aromatic nitrogens is 2. The smallest absolute Gasteiger partial charge is 0.282 e. The fourth-order valence-electron chi connectivity index (χ4n) is 4.38. The van der Waals surface area contributed by atoms with Crippen LogP contribution in [0.5, 0.6) is 11.5 Å². The number of furan rings is 1. The lowest BCUT2D eigenvalue weighted by molar-refractivity contribution is 0.282. The molecule has 0 unspecified atom stereocenters. The number of hydrogen-bond donors (Lipinski definition) is 0. The molecule has 0 N–H and O–H groups in total. The monoisotopic (exact) mass is 679 g/mol. The maximum absolute atomic E-state index is 13.6. The van der Waals surface area contributed by atoms with Gasteiger partial charge in [0.05, 0.1) is 27.8 Å². The van der Waals surface area contributed by atoms with Crippen LogP contribution in [0.4, 0.5) is 4.39 Å². The first-order chi connectivity index (χ1) is 19.9. The van der Waals surface area contributed by atoms with Crippen molar-refractivity contribution < 1.29 is 18.3 Å². The van der Waals surface area contributed by atoms with Crippen LogP contribution in [0.3, 0.4) is 0 Å². The normalized spacial score (nSPS) is 11.5. The molecule has 0 amide bonds. The molecule has 0 atom stereocenters. The molecule has 2 heterocycles. The quantitative estimate of drug-likeness (QED) is 0.128. The molecule has 0 saturated carbocycles. The molecule has 0 aliphatic heterocycles. The Morgan fingerprint density at radius 2 is 1.93 bits per heavy atom. The molecule has 6 rings (SSSR count). The molecule has 7 nitrogen and oxygen atoms in total. The Labute approximate surface area is 251 Å². The Kier molecular flexibility index (Phi) is 7.46. The summed E-state index contributed by atoms with van der Waals surface area (Å²) in [6.07, 6.45) is 1.54. The molecule has 6 aromatic rings. The summed E-state index contributed by atoms with van der Waals surface area (Å²) in [4.78, 5) is 18.3. The molecule has 0 aliphatic rings. The van der Waals surface area contributed by atoms with Gasteiger partial charge < -0.3 is 13.9 Å². The van der Waals surface area contributed by atoms with Crippen molar-refractivity contribution in [2.24, 2.45) is 5.10 Å². The van der Waals surface area contributed by atoms with Crippen LogP contribution >= 0.6 is 34.2 Å². The molecule has 0 fully saturated rings. The van der Waals surface area contributed by atoms with Crippen LogP contribution in [0.25, 0.3) is 33.5 Å². The molecule has 0 bridgehead atoms. The minimum absolute atomic E-state index is 0.168. The van der Waals surface area contributed by atoms with Gasteiger partial charge in [-0.3, -0.25) is 4.79 Å². The Morgan fingerprint density at radius 1 is 1.07 bits per heavy atom. The van der Waals surface area contributed by atoms with E-state index in [1.165, 1.54) is 23.9 Å². The van der Waals surface area contributed by atoms with Crippen LogP contribution < -0.4 is 15.0 Å². The number of benzene rings is 4. The van der Waals surface area contributed by atoms with Gasteiger partial charge in [-0.2, -0.15) is 9.78 Å². The number of para-hydroxylation sites is 1. The van der Waals surface area contributed by atoms with Gasteiger partial charge in [-0.05, 0) is 94.4 Å². The van der Waals surface area contributed by atoms with Crippen molar-refractivity contribution in [3.8, 4) is 23.1 Å². The van der Waals surface area contributed by atoms with Gasteiger partial charge in [0.15, 0.2) is 17.3 Å². The predicted octanol–water partition coefficient (Wildman–Crippen LogP) is 7.68. The molecule has 4 aromatic carbocycles. The van der Waals surface area contributed by atoms with Crippen molar-refractivity contribution in [2.45, 2.75) is 6.61 Å². The predicted molar refractivity (Wildman–Crippen MR) is 166 cm³/mol. The maximum Gasteiger partial charge on any atom is 0.282 e. The second-order valence-electron chi connectivity index (χ2n) is 9.06. The van der Waals surface area contributed by atoms with Gasteiger partial charge in [0.1, 0.15) is 18.0 Å². The average Bonchev–Trinajstić information content (AvgIpc) is 3.39. The van der Waals surface area contributed by atoms with Crippen LogP contribution in [-0.2, 0) is 6.61 Å². The van der Waals surface area contributed by atoms with Gasteiger partial charge in [0.25, 0.3) is 5.56 Å². The van der Waals surface area contributed by atoms with Crippen molar-refractivity contribution >= 4 is 62.3 Å². The first kappa shape index (κ1) is 27.0. The Morgan fingerprint density at radius 3 is 2.76 bits per heavy atom. The first-order valence-corrected chi connectivity index (χ1v) is 13.9. The standard InChI is InChI=1S/C31H20ClFIN3O4/c1-39-27-13-19(12-24(34)29(27)40-17-18-5-4-6-22(33)11-18)16-35-37-30(36-25-8-3-2-7-23(25)31(37)38)28-15-20-14-21(32)9-10-26(20)41-28/h2-16H,17H2,1H3. The van der Waals surface area contributed by atoms with Crippen molar-refractivity contribution in [3.05, 3.63) is 121 Å². The number of methoxy groups -OCH3 is 1. The van der Waals surface area contributed by atoms with Gasteiger partial charge in [0.2, 0.25) is 5.82 Å². The molecule has 204 valence electrons.